The van der Waals surface area contributed by atoms with Crippen molar-refractivity contribution in [2.75, 3.05) is 18.5 Å². The number of rotatable bonds is 9. The average molecular weight is 522 g/mol. The van der Waals surface area contributed by atoms with E-state index in [4.69, 9.17) is 18.9 Å². The number of imidazole rings is 1. The van der Waals surface area contributed by atoms with Crippen molar-refractivity contribution in [2.24, 2.45) is 5.92 Å². The number of hydrogen-bond donors (Lipinski definition) is 3. The van der Waals surface area contributed by atoms with Crippen LogP contribution in [0.25, 0.3) is 11.2 Å². The van der Waals surface area contributed by atoms with Gasteiger partial charge in [-0.3, -0.25) is 34.0 Å². The first-order valence-electron chi connectivity index (χ1n) is 12.2. The second-order valence-electron chi connectivity index (χ2n) is 9.27. The minimum Gasteiger partial charge on any atom is -0.463 e. The molecule has 2 aliphatic rings. The Kier molecular flexibility index (Phi) is 7.73. The molecule has 1 amide bonds. The fourth-order valence-corrected chi connectivity index (χ4v) is 4.40. The molecular weight excluding hydrogens is 490 g/mol. The molecule has 0 aliphatic carbocycles. The van der Waals surface area contributed by atoms with Gasteiger partial charge in [0, 0.05) is 32.3 Å². The van der Waals surface area contributed by atoms with Gasteiger partial charge in [-0.15, -0.1) is 0 Å². The summed E-state index contributed by atoms with van der Waals surface area (Å²) in [7, 11) is 0. The molecule has 37 heavy (non-hydrogen) atoms. The Morgan fingerprint density at radius 1 is 1.38 bits per heavy atom. The average Bonchev–Trinajstić information content (AvgIpc) is 3.57. The molecule has 202 valence electrons. The fourth-order valence-electron chi connectivity index (χ4n) is 4.40. The van der Waals surface area contributed by atoms with Gasteiger partial charge in [-0.1, -0.05) is 20.8 Å². The van der Waals surface area contributed by atoms with Crippen LogP contribution in [0, 0.1) is 5.92 Å². The number of anilines is 1. The highest BCUT2D eigenvalue weighted by Crippen LogP contribution is 2.42. The van der Waals surface area contributed by atoms with Gasteiger partial charge in [0.05, 0.1) is 0 Å². The summed E-state index contributed by atoms with van der Waals surface area (Å²) in [6, 6.07) is 0. The first-order chi connectivity index (χ1) is 17.6. The van der Waals surface area contributed by atoms with Crippen LogP contribution in [-0.2, 0) is 39.1 Å². The summed E-state index contributed by atoms with van der Waals surface area (Å²) in [6.45, 7) is 6.26. The first-order valence-corrected chi connectivity index (χ1v) is 12.2. The van der Waals surface area contributed by atoms with E-state index in [9.17, 15) is 24.3 Å². The van der Waals surface area contributed by atoms with Gasteiger partial charge in [0.2, 0.25) is 17.6 Å². The smallest absolute Gasteiger partial charge is 0.302 e. The highest BCUT2D eigenvalue weighted by molar-refractivity contribution is 5.91. The molecule has 5 atom stereocenters. The van der Waals surface area contributed by atoms with Gasteiger partial charge >= 0.3 is 5.97 Å². The van der Waals surface area contributed by atoms with E-state index in [0.29, 0.717) is 13.0 Å². The van der Waals surface area contributed by atoms with E-state index in [2.05, 4.69) is 20.3 Å². The number of ketones is 1. The third kappa shape index (κ3) is 5.01. The van der Waals surface area contributed by atoms with Gasteiger partial charge in [-0.05, 0) is 6.42 Å². The standard InChI is InChI=1S/C23H31N5O9/c1-5-14(30)23(18(36-15-7-6-8-34-15)17(31)13(37-23)9-35-12(4)29)28-10-24-16-19(28)25-22(27-21(16)33)26-20(32)11(2)3/h10-11,13,15,17-18,31H,5-9H2,1-4H3,(H2,25,26,27,32,33)/t13-,15?,17-,18-,23-/m1/s1. The molecule has 0 radical (unpaired) electrons. The van der Waals surface area contributed by atoms with Crippen LogP contribution in [0.4, 0.5) is 5.95 Å². The van der Waals surface area contributed by atoms with Gasteiger partial charge in [-0.25, -0.2) is 4.98 Å². The minimum absolute atomic E-state index is 0.0435. The Hall–Kier alpha value is -3.20. The number of carbonyl (C=O) groups excluding carboxylic acids is 3. The number of carbonyl (C=O) groups is 3. The van der Waals surface area contributed by atoms with Crippen LogP contribution in [0.5, 0.6) is 0 Å². The summed E-state index contributed by atoms with van der Waals surface area (Å²) in [5, 5.41) is 13.8. The first kappa shape index (κ1) is 26.9. The van der Waals surface area contributed by atoms with Crippen LogP contribution >= 0.6 is 0 Å². The van der Waals surface area contributed by atoms with Crippen molar-refractivity contribution in [3.8, 4) is 0 Å². The number of aromatic amines is 1. The molecule has 2 aliphatic heterocycles. The molecular formula is C23H31N5O9. The second kappa shape index (κ2) is 10.7. The Morgan fingerprint density at radius 3 is 2.76 bits per heavy atom. The van der Waals surface area contributed by atoms with Crippen molar-refractivity contribution in [2.45, 2.75) is 77.3 Å². The number of H-pyrrole nitrogens is 1. The number of hydrogen-bond acceptors (Lipinski definition) is 11. The Morgan fingerprint density at radius 2 is 2.14 bits per heavy atom. The maximum absolute atomic E-state index is 13.6. The molecule has 14 nitrogen and oxygen atoms in total. The number of esters is 1. The summed E-state index contributed by atoms with van der Waals surface area (Å²) in [5.41, 5.74) is -2.89. The lowest BCUT2D eigenvalue weighted by Gasteiger charge is -2.35. The number of fused-ring (bicyclic) bond motifs is 1. The number of amides is 1. The third-order valence-electron chi connectivity index (χ3n) is 6.30. The van der Waals surface area contributed by atoms with Crippen molar-refractivity contribution < 1.29 is 38.4 Å². The number of aromatic nitrogens is 4. The van der Waals surface area contributed by atoms with Gasteiger partial charge in [0.25, 0.3) is 5.56 Å². The SMILES string of the molecule is CCC(=O)[C@@]1(n2cnc3c(=O)[nH]c(NC(=O)C(C)C)nc32)O[C@H](COC(C)=O)[C@@H](O)[C@H]1OC1CCCO1. The van der Waals surface area contributed by atoms with Crippen molar-refractivity contribution in [3.63, 3.8) is 0 Å². The predicted octanol–water partition coefficient (Wildman–Crippen LogP) is 0.191. The van der Waals surface area contributed by atoms with E-state index in [1.54, 1.807) is 20.8 Å². The van der Waals surface area contributed by atoms with Crippen molar-refractivity contribution in [1.29, 1.82) is 0 Å². The van der Waals surface area contributed by atoms with E-state index >= 15 is 0 Å². The summed E-state index contributed by atoms with van der Waals surface area (Å²) >= 11 is 0. The molecule has 2 aromatic rings. The molecule has 14 heteroatoms. The number of Topliss-reactive ketones (excluding diaryl/α,β-unsaturated/α-hetero) is 1. The minimum atomic E-state index is -2.03. The molecule has 3 N–H and O–H groups in total. The molecule has 2 aromatic heterocycles. The zero-order valence-corrected chi connectivity index (χ0v) is 21.1. The molecule has 0 bridgehead atoms. The van der Waals surface area contributed by atoms with Gasteiger partial charge in [0.15, 0.2) is 23.2 Å². The van der Waals surface area contributed by atoms with Crippen molar-refractivity contribution in [1.82, 2.24) is 19.5 Å². The number of nitrogens with one attached hydrogen (secondary N) is 2. The van der Waals surface area contributed by atoms with Crippen LogP contribution in [0.15, 0.2) is 11.1 Å². The summed E-state index contributed by atoms with van der Waals surface area (Å²) < 4.78 is 24.1. The summed E-state index contributed by atoms with van der Waals surface area (Å²) in [4.78, 5) is 61.0. The number of aliphatic hydroxyl groups is 1. The molecule has 2 fully saturated rings. The van der Waals surface area contributed by atoms with E-state index < -0.39 is 53.6 Å². The van der Waals surface area contributed by atoms with E-state index in [-0.39, 0.29) is 36.0 Å². The lowest BCUT2D eigenvalue weighted by atomic mass is 9.96. The fraction of sp³-hybridized carbons (Fsp3) is 0.652. The largest absolute Gasteiger partial charge is 0.463 e. The molecule has 4 heterocycles. The molecule has 0 spiro atoms. The summed E-state index contributed by atoms with van der Waals surface area (Å²) in [6.07, 6.45) is -2.20. The zero-order chi connectivity index (χ0) is 26.9. The number of ether oxygens (including phenoxy) is 4. The summed E-state index contributed by atoms with van der Waals surface area (Å²) in [5.74, 6) is -2.03. The van der Waals surface area contributed by atoms with E-state index in [1.165, 1.54) is 17.8 Å². The zero-order valence-electron chi connectivity index (χ0n) is 21.1. The maximum Gasteiger partial charge on any atom is 0.302 e. The van der Waals surface area contributed by atoms with E-state index in [0.717, 1.165) is 6.42 Å². The normalized spacial score (nSPS) is 27.6. The van der Waals surface area contributed by atoms with Crippen LogP contribution in [0.3, 0.4) is 0 Å². The topological polar surface area (TPSA) is 184 Å². The Bertz CT molecular complexity index is 1230. The van der Waals surface area contributed by atoms with Gasteiger partial charge in [0.1, 0.15) is 31.2 Å². The molecule has 4 rings (SSSR count). The van der Waals surface area contributed by atoms with Crippen LogP contribution in [0.2, 0.25) is 0 Å². The van der Waals surface area contributed by atoms with Crippen LogP contribution < -0.4 is 10.9 Å². The highest BCUT2D eigenvalue weighted by atomic mass is 16.7. The molecule has 1 unspecified atom stereocenters. The lowest BCUT2D eigenvalue weighted by Crippen LogP contribution is -2.54. The molecule has 0 saturated carbocycles. The van der Waals surface area contributed by atoms with E-state index in [1.807, 2.05) is 0 Å². The molecule has 0 aromatic carbocycles. The van der Waals surface area contributed by atoms with Gasteiger partial charge < -0.3 is 24.1 Å². The van der Waals surface area contributed by atoms with Gasteiger partial charge in [-0.2, -0.15) is 4.98 Å². The second-order valence-corrected chi connectivity index (χ2v) is 9.27. The van der Waals surface area contributed by atoms with Crippen LogP contribution in [-0.4, -0.2) is 80.1 Å². The maximum atomic E-state index is 13.6. The van der Waals surface area contributed by atoms with Crippen molar-refractivity contribution in [3.05, 3.63) is 16.7 Å². The number of aliphatic hydroxyl groups excluding tert-OH is 1. The monoisotopic (exact) mass is 521 g/mol. The molecule has 2 saturated heterocycles. The highest BCUT2D eigenvalue weighted by Gasteiger charge is 2.62. The Balaban J connectivity index is 1.86. The lowest BCUT2D eigenvalue weighted by molar-refractivity contribution is -0.217. The quantitative estimate of drug-likeness (QED) is 0.383. The van der Waals surface area contributed by atoms with Crippen LogP contribution in [0.1, 0.15) is 47.0 Å². The third-order valence-corrected chi connectivity index (χ3v) is 6.30. The Labute approximate surface area is 211 Å². The predicted molar refractivity (Wildman–Crippen MR) is 126 cm³/mol. The van der Waals surface area contributed by atoms with Crippen molar-refractivity contribution >= 4 is 34.8 Å². The number of nitrogens with zero attached hydrogens (tertiary/aromatic N) is 3.